The van der Waals surface area contributed by atoms with Crippen LogP contribution in [0.3, 0.4) is 0 Å². The molecule has 7 nitrogen and oxygen atoms in total. The molecule has 0 bridgehead atoms. The van der Waals surface area contributed by atoms with Crippen LogP contribution in [0.4, 0.5) is 10.5 Å². The monoisotopic (exact) mass is 339 g/mol. The zero-order valence-corrected chi connectivity index (χ0v) is 13.9. The summed E-state index contributed by atoms with van der Waals surface area (Å²) in [6, 6.07) is 4.54. The van der Waals surface area contributed by atoms with E-state index in [9.17, 15) is 14.4 Å². The summed E-state index contributed by atoms with van der Waals surface area (Å²) in [5.74, 6) is -1.02. The molecule has 1 aliphatic heterocycles. The molecule has 1 aliphatic rings. The van der Waals surface area contributed by atoms with Crippen LogP contribution in [-0.4, -0.2) is 48.5 Å². The predicted molar refractivity (Wildman–Crippen MR) is 85.3 cm³/mol. The van der Waals surface area contributed by atoms with Crippen LogP contribution < -0.4 is 10.6 Å². The number of nitrogens with one attached hydrogen (secondary N) is 2. The Bertz CT molecular complexity index is 664. The van der Waals surface area contributed by atoms with Crippen LogP contribution in [0.5, 0.6) is 0 Å². The van der Waals surface area contributed by atoms with Crippen molar-refractivity contribution in [3.8, 4) is 0 Å². The summed E-state index contributed by atoms with van der Waals surface area (Å²) in [5.41, 5.74) is 0.222. The second-order valence-electron chi connectivity index (χ2n) is 5.62. The van der Waals surface area contributed by atoms with Crippen molar-refractivity contribution in [1.29, 1.82) is 0 Å². The molecule has 0 saturated carbocycles. The van der Waals surface area contributed by atoms with E-state index in [1.54, 1.807) is 25.1 Å². The van der Waals surface area contributed by atoms with Crippen molar-refractivity contribution in [3.63, 3.8) is 0 Å². The molecule has 1 saturated heterocycles. The molecule has 1 atom stereocenters. The van der Waals surface area contributed by atoms with Gasteiger partial charge in [-0.25, -0.2) is 4.79 Å². The van der Waals surface area contributed by atoms with Crippen molar-refractivity contribution < 1.29 is 19.1 Å². The van der Waals surface area contributed by atoms with Gasteiger partial charge in [-0.15, -0.1) is 0 Å². The Morgan fingerprint density at radius 3 is 2.74 bits per heavy atom. The average molecular weight is 340 g/mol. The van der Waals surface area contributed by atoms with Crippen molar-refractivity contribution in [1.82, 2.24) is 10.2 Å². The minimum atomic E-state index is -1.16. The largest absolute Gasteiger partial charge is 0.382 e. The summed E-state index contributed by atoms with van der Waals surface area (Å²) in [5, 5.41) is 5.50. The maximum atomic E-state index is 12.3. The molecule has 1 fully saturated rings. The molecule has 0 radical (unpaired) electrons. The first-order valence-electron chi connectivity index (χ1n) is 6.96. The maximum Gasteiger partial charge on any atom is 0.325 e. The molecule has 0 aromatic heterocycles. The molecule has 1 heterocycles. The third-order valence-electron chi connectivity index (χ3n) is 3.48. The zero-order valence-electron chi connectivity index (χ0n) is 13.1. The van der Waals surface area contributed by atoms with Crippen LogP contribution in [0.2, 0.25) is 5.02 Å². The number of imide groups is 1. The number of amides is 4. The Morgan fingerprint density at radius 2 is 2.13 bits per heavy atom. The lowest BCUT2D eigenvalue weighted by Crippen LogP contribution is -2.48. The molecule has 0 spiro atoms. The number of ether oxygens (including phenoxy) is 1. The van der Waals surface area contributed by atoms with Gasteiger partial charge in [0.05, 0.1) is 17.3 Å². The number of hydrogen-bond donors (Lipinski definition) is 2. The summed E-state index contributed by atoms with van der Waals surface area (Å²) >= 11 is 6.04. The number of halogens is 1. The Hall–Kier alpha value is -2.12. The van der Waals surface area contributed by atoms with Gasteiger partial charge in [0.15, 0.2) is 0 Å². The summed E-state index contributed by atoms with van der Waals surface area (Å²) in [6.07, 6.45) is 0. The number of carbonyl (C=O) groups is 3. The SMILES string of the molecule is COC[C@]1(C)NC(=O)N(CC(=O)Nc2ccc(C)cc2Cl)C1=O. The molecular weight excluding hydrogens is 322 g/mol. The fraction of sp³-hybridized carbons (Fsp3) is 0.400. The first-order chi connectivity index (χ1) is 10.8. The highest BCUT2D eigenvalue weighted by Gasteiger charge is 2.48. The van der Waals surface area contributed by atoms with E-state index < -0.39 is 29.9 Å². The number of benzene rings is 1. The normalized spacial score (nSPS) is 20.6. The Labute approximate surface area is 138 Å². The maximum absolute atomic E-state index is 12.3. The van der Waals surface area contributed by atoms with Crippen LogP contribution in [0.15, 0.2) is 18.2 Å². The number of urea groups is 1. The molecule has 4 amide bonds. The highest BCUT2D eigenvalue weighted by Crippen LogP contribution is 2.23. The smallest absolute Gasteiger partial charge is 0.325 e. The minimum Gasteiger partial charge on any atom is -0.382 e. The van der Waals surface area contributed by atoms with Gasteiger partial charge in [0, 0.05) is 7.11 Å². The van der Waals surface area contributed by atoms with Crippen molar-refractivity contribution in [3.05, 3.63) is 28.8 Å². The summed E-state index contributed by atoms with van der Waals surface area (Å²) in [6.45, 7) is 3.06. The van der Waals surface area contributed by atoms with E-state index in [4.69, 9.17) is 16.3 Å². The van der Waals surface area contributed by atoms with Crippen molar-refractivity contribution in [2.75, 3.05) is 25.6 Å². The van der Waals surface area contributed by atoms with Crippen molar-refractivity contribution in [2.45, 2.75) is 19.4 Å². The molecule has 23 heavy (non-hydrogen) atoms. The number of hydrogen-bond acceptors (Lipinski definition) is 4. The van der Waals surface area contributed by atoms with Crippen LogP contribution in [0.1, 0.15) is 12.5 Å². The number of nitrogens with zero attached hydrogens (tertiary/aromatic N) is 1. The summed E-state index contributed by atoms with van der Waals surface area (Å²) < 4.78 is 4.94. The van der Waals surface area contributed by atoms with E-state index >= 15 is 0 Å². The quantitative estimate of drug-likeness (QED) is 0.797. The Morgan fingerprint density at radius 1 is 1.43 bits per heavy atom. The first-order valence-corrected chi connectivity index (χ1v) is 7.33. The van der Waals surface area contributed by atoms with Crippen LogP contribution in [-0.2, 0) is 14.3 Å². The van der Waals surface area contributed by atoms with Gasteiger partial charge < -0.3 is 15.4 Å². The van der Waals surface area contributed by atoms with E-state index in [-0.39, 0.29) is 6.61 Å². The van der Waals surface area contributed by atoms with E-state index in [0.29, 0.717) is 10.7 Å². The summed E-state index contributed by atoms with van der Waals surface area (Å²) in [7, 11) is 1.43. The van der Waals surface area contributed by atoms with Crippen LogP contribution in [0.25, 0.3) is 0 Å². The van der Waals surface area contributed by atoms with Gasteiger partial charge in [0.2, 0.25) is 5.91 Å². The van der Waals surface area contributed by atoms with Crippen LogP contribution in [0, 0.1) is 6.92 Å². The minimum absolute atomic E-state index is 0.0273. The average Bonchev–Trinajstić information content (AvgIpc) is 2.66. The number of anilines is 1. The standard InChI is InChI=1S/C15H18ClN3O4/c1-9-4-5-11(10(16)6-9)17-12(20)7-19-13(21)15(2,8-23-3)18-14(19)22/h4-6H,7-8H2,1-3H3,(H,17,20)(H,18,22)/t15-/m0/s1. The lowest BCUT2D eigenvalue weighted by molar-refractivity contribution is -0.134. The number of methoxy groups -OCH3 is 1. The van der Waals surface area contributed by atoms with Gasteiger partial charge in [0.25, 0.3) is 5.91 Å². The molecule has 2 N–H and O–H groups in total. The van der Waals surface area contributed by atoms with Gasteiger partial charge in [-0.1, -0.05) is 17.7 Å². The molecule has 0 unspecified atom stereocenters. The number of rotatable bonds is 5. The van der Waals surface area contributed by atoms with E-state index in [0.717, 1.165) is 10.5 Å². The third-order valence-corrected chi connectivity index (χ3v) is 3.79. The van der Waals surface area contributed by atoms with Crippen molar-refractivity contribution in [2.24, 2.45) is 0 Å². The van der Waals surface area contributed by atoms with E-state index in [2.05, 4.69) is 10.6 Å². The van der Waals surface area contributed by atoms with Gasteiger partial charge in [-0.05, 0) is 31.5 Å². The second kappa shape index (κ2) is 6.55. The fourth-order valence-electron chi connectivity index (χ4n) is 2.33. The lowest BCUT2D eigenvalue weighted by Gasteiger charge is -2.20. The number of aryl methyl sites for hydroxylation is 1. The van der Waals surface area contributed by atoms with Crippen LogP contribution >= 0.6 is 11.6 Å². The second-order valence-corrected chi connectivity index (χ2v) is 6.03. The lowest BCUT2D eigenvalue weighted by atomic mass is 10.0. The Balaban J connectivity index is 2.05. The van der Waals surface area contributed by atoms with E-state index in [1.807, 2.05) is 6.92 Å². The van der Waals surface area contributed by atoms with Gasteiger partial charge >= 0.3 is 6.03 Å². The summed E-state index contributed by atoms with van der Waals surface area (Å²) in [4.78, 5) is 37.1. The molecule has 2 rings (SSSR count). The number of carbonyl (C=O) groups excluding carboxylic acids is 3. The highest BCUT2D eigenvalue weighted by atomic mass is 35.5. The molecule has 1 aromatic carbocycles. The highest BCUT2D eigenvalue weighted by molar-refractivity contribution is 6.33. The Kier molecular flexibility index (Phi) is 4.91. The predicted octanol–water partition coefficient (Wildman–Crippen LogP) is 1.54. The molecule has 8 heteroatoms. The fourth-order valence-corrected chi connectivity index (χ4v) is 2.61. The van der Waals surface area contributed by atoms with Gasteiger partial charge in [-0.2, -0.15) is 0 Å². The molecule has 1 aromatic rings. The zero-order chi connectivity index (χ0) is 17.2. The van der Waals surface area contributed by atoms with Gasteiger partial charge in [0.1, 0.15) is 12.1 Å². The van der Waals surface area contributed by atoms with Crippen molar-refractivity contribution >= 4 is 35.1 Å². The van der Waals surface area contributed by atoms with Gasteiger partial charge in [-0.3, -0.25) is 14.5 Å². The third kappa shape index (κ3) is 3.62. The topological polar surface area (TPSA) is 87.7 Å². The molecular formula is C15H18ClN3O4. The van der Waals surface area contributed by atoms with E-state index in [1.165, 1.54) is 7.11 Å². The first kappa shape index (κ1) is 17.2. The molecule has 0 aliphatic carbocycles. The molecule has 124 valence electrons.